The van der Waals surface area contributed by atoms with E-state index in [1.807, 2.05) is 4.98 Å². The summed E-state index contributed by atoms with van der Waals surface area (Å²) in [6.45, 7) is -0.566. The van der Waals surface area contributed by atoms with Gasteiger partial charge in [-0.15, -0.1) is 0 Å². The summed E-state index contributed by atoms with van der Waals surface area (Å²) in [7, 11) is 1.32. The van der Waals surface area contributed by atoms with Gasteiger partial charge in [-0.3, -0.25) is 14.3 Å². The first-order valence-corrected chi connectivity index (χ1v) is 6.41. The fraction of sp³-hybridized carbons (Fsp3) is 0.583. The Bertz CT molecular complexity index is 639. The molecule has 2 heterocycles. The van der Waals surface area contributed by atoms with Gasteiger partial charge in [-0.1, -0.05) is 0 Å². The Morgan fingerprint density at radius 3 is 2.77 bits per heavy atom. The topological polar surface area (TPSA) is 140 Å². The van der Waals surface area contributed by atoms with E-state index >= 15 is 0 Å². The van der Waals surface area contributed by atoms with Gasteiger partial charge in [-0.2, -0.15) is 0 Å². The predicted octanol–water partition coefficient (Wildman–Crippen LogP) is -2.65. The molecule has 0 radical (unpaired) electrons. The molecule has 1 aromatic rings. The Balaban J connectivity index is 2.08. The smallest absolute Gasteiger partial charge is 0.332 e. The van der Waals surface area contributed by atoms with Gasteiger partial charge in [0.15, 0.2) is 6.23 Å². The van der Waals surface area contributed by atoms with Crippen molar-refractivity contribution in [2.24, 2.45) is 0 Å². The van der Waals surface area contributed by atoms with Crippen LogP contribution in [0.1, 0.15) is 6.23 Å². The third kappa shape index (κ3) is 3.42. The van der Waals surface area contributed by atoms with Crippen molar-refractivity contribution in [1.82, 2.24) is 9.55 Å². The van der Waals surface area contributed by atoms with Crippen LogP contribution in [-0.4, -0.2) is 64.4 Å². The first-order chi connectivity index (χ1) is 10.4. The zero-order chi connectivity index (χ0) is 16.3. The standard InChI is InChI=1S/C12H16N2O8/c1-20-5-8(16)21-4-6-9(17)10(18)11(22-6)14-3-2-7(15)13-12(14)19/h2-3,6,9-11,17-18H,4-5H2,1H3,(H,13,15,19)/t6-,9-,10-,11-/m1/s1. The Hall–Kier alpha value is -2.01. The lowest BCUT2D eigenvalue weighted by Crippen LogP contribution is -2.37. The van der Waals surface area contributed by atoms with Crippen molar-refractivity contribution in [3.63, 3.8) is 0 Å². The highest BCUT2D eigenvalue weighted by molar-refractivity contribution is 5.70. The molecular weight excluding hydrogens is 300 g/mol. The molecule has 0 unspecified atom stereocenters. The van der Waals surface area contributed by atoms with Gasteiger partial charge in [0.25, 0.3) is 5.56 Å². The van der Waals surface area contributed by atoms with E-state index in [1.165, 1.54) is 7.11 Å². The molecule has 1 aromatic heterocycles. The second kappa shape index (κ2) is 6.83. The summed E-state index contributed by atoms with van der Waals surface area (Å²) >= 11 is 0. The van der Waals surface area contributed by atoms with Crippen LogP contribution in [-0.2, 0) is 19.0 Å². The van der Waals surface area contributed by atoms with E-state index in [0.29, 0.717) is 0 Å². The zero-order valence-corrected chi connectivity index (χ0v) is 11.7. The molecule has 122 valence electrons. The quantitative estimate of drug-likeness (QED) is 0.500. The van der Waals surface area contributed by atoms with Crippen molar-refractivity contribution in [3.05, 3.63) is 33.1 Å². The van der Waals surface area contributed by atoms with E-state index in [2.05, 4.69) is 4.74 Å². The van der Waals surface area contributed by atoms with Crippen LogP contribution in [0.5, 0.6) is 0 Å². The number of nitrogens with zero attached hydrogens (tertiary/aromatic N) is 1. The van der Waals surface area contributed by atoms with Crippen LogP contribution in [0.15, 0.2) is 21.9 Å². The Kier molecular flexibility index (Phi) is 5.08. The van der Waals surface area contributed by atoms with Crippen molar-refractivity contribution >= 4 is 5.97 Å². The van der Waals surface area contributed by atoms with Crippen molar-refractivity contribution in [2.75, 3.05) is 20.3 Å². The largest absolute Gasteiger partial charge is 0.461 e. The van der Waals surface area contributed by atoms with Crippen molar-refractivity contribution < 1.29 is 29.2 Å². The second-order valence-electron chi connectivity index (χ2n) is 4.68. The van der Waals surface area contributed by atoms with Gasteiger partial charge in [0.2, 0.25) is 0 Å². The highest BCUT2D eigenvalue weighted by Gasteiger charge is 2.44. The summed E-state index contributed by atoms with van der Waals surface area (Å²) < 4.78 is 15.7. The molecule has 1 fully saturated rings. The lowest BCUT2D eigenvalue weighted by atomic mass is 10.1. The third-order valence-corrected chi connectivity index (χ3v) is 3.13. The van der Waals surface area contributed by atoms with Gasteiger partial charge in [0, 0.05) is 19.4 Å². The number of ether oxygens (including phenoxy) is 3. The maximum Gasteiger partial charge on any atom is 0.332 e. The average Bonchev–Trinajstić information content (AvgIpc) is 2.74. The number of carbonyl (C=O) groups is 1. The molecule has 1 saturated heterocycles. The predicted molar refractivity (Wildman–Crippen MR) is 70.1 cm³/mol. The first kappa shape index (κ1) is 16.4. The molecule has 0 aliphatic carbocycles. The monoisotopic (exact) mass is 316 g/mol. The lowest BCUT2D eigenvalue weighted by Gasteiger charge is -2.16. The van der Waals surface area contributed by atoms with Crippen molar-refractivity contribution in [1.29, 1.82) is 0 Å². The third-order valence-electron chi connectivity index (χ3n) is 3.13. The highest BCUT2D eigenvalue weighted by Crippen LogP contribution is 2.28. The van der Waals surface area contributed by atoms with Crippen LogP contribution in [0, 0.1) is 0 Å². The number of aliphatic hydroxyl groups excluding tert-OH is 2. The van der Waals surface area contributed by atoms with E-state index in [0.717, 1.165) is 16.8 Å². The molecule has 4 atom stereocenters. The van der Waals surface area contributed by atoms with Gasteiger partial charge in [-0.25, -0.2) is 9.59 Å². The van der Waals surface area contributed by atoms with Gasteiger partial charge >= 0.3 is 11.7 Å². The molecule has 10 heteroatoms. The number of aliphatic hydroxyl groups is 2. The summed E-state index contributed by atoms with van der Waals surface area (Å²) in [6.07, 6.45) is -3.86. The number of hydrogen-bond donors (Lipinski definition) is 3. The molecule has 2 rings (SSSR count). The number of aromatic amines is 1. The molecule has 22 heavy (non-hydrogen) atoms. The summed E-state index contributed by atoms with van der Waals surface area (Å²) in [5, 5.41) is 19.8. The van der Waals surface area contributed by atoms with Crippen LogP contribution >= 0.6 is 0 Å². The zero-order valence-electron chi connectivity index (χ0n) is 11.7. The van der Waals surface area contributed by atoms with Crippen LogP contribution in [0.25, 0.3) is 0 Å². The number of nitrogens with one attached hydrogen (secondary N) is 1. The molecule has 10 nitrogen and oxygen atoms in total. The van der Waals surface area contributed by atoms with Crippen LogP contribution < -0.4 is 11.2 Å². The number of esters is 1. The molecule has 0 bridgehead atoms. The van der Waals surface area contributed by atoms with Gasteiger partial charge in [0.1, 0.15) is 31.5 Å². The van der Waals surface area contributed by atoms with Gasteiger partial charge < -0.3 is 24.4 Å². The van der Waals surface area contributed by atoms with Gasteiger partial charge in [-0.05, 0) is 0 Å². The normalized spacial score (nSPS) is 27.8. The number of H-pyrrole nitrogens is 1. The van der Waals surface area contributed by atoms with E-state index in [4.69, 9.17) is 9.47 Å². The summed E-state index contributed by atoms with van der Waals surface area (Å²) in [5.74, 6) is -0.655. The van der Waals surface area contributed by atoms with Crippen LogP contribution in [0.2, 0.25) is 0 Å². The fourth-order valence-electron chi connectivity index (χ4n) is 2.06. The van der Waals surface area contributed by atoms with Gasteiger partial charge in [0.05, 0.1) is 0 Å². The van der Waals surface area contributed by atoms with E-state index < -0.39 is 41.8 Å². The summed E-state index contributed by atoms with van der Waals surface area (Å²) in [6, 6.07) is 1.08. The van der Waals surface area contributed by atoms with Crippen molar-refractivity contribution in [2.45, 2.75) is 24.5 Å². The SMILES string of the molecule is COCC(=O)OC[C@H]1O[C@@H](n2ccc(=O)[nH]c2=O)[C@H](O)[C@@H]1O. The number of hydrogen-bond acceptors (Lipinski definition) is 8. The molecular formula is C12H16N2O8. The Morgan fingerprint density at radius 1 is 1.41 bits per heavy atom. The molecule has 0 amide bonds. The number of rotatable bonds is 5. The minimum absolute atomic E-state index is 0.256. The molecule has 0 spiro atoms. The molecule has 1 aliphatic heterocycles. The molecule has 3 N–H and O–H groups in total. The summed E-state index contributed by atoms with van der Waals surface area (Å²) in [4.78, 5) is 35.9. The Labute approximate surface area is 123 Å². The van der Waals surface area contributed by atoms with E-state index in [1.54, 1.807) is 0 Å². The maximum atomic E-state index is 11.7. The number of methoxy groups -OCH3 is 1. The fourth-order valence-corrected chi connectivity index (χ4v) is 2.06. The van der Waals surface area contributed by atoms with Crippen molar-refractivity contribution in [3.8, 4) is 0 Å². The molecule has 0 saturated carbocycles. The first-order valence-electron chi connectivity index (χ1n) is 6.41. The maximum absolute atomic E-state index is 11.7. The number of aromatic nitrogens is 2. The molecule has 1 aliphatic rings. The van der Waals surface area contributed by atoms with E-state index in [-0.39, 0.29) is 13.2 Å². The minimum Gasteiger partial charge on any atom is -0.461 e. The minimum atomic E-state index is -1.42. The molecule has 0 aromatic carbocycles. The average molecular weight is 316 g/mol. The lowest BCUT2D eigenvalue weighted by molar-refractivity contribution is -0.154. The highest BCUT2D eigenvalue weighted by atomic mass is 16.6. The second-order valence-corrected chi connectivity index (χ2v) is 4.68. The summed E-state index contributed by atoms with van der Waals surface area (Å²) in [5.41, 5.74) is -1.39. The van der Waals surface area contributed by atoms with E-state index in [9.17, 15) is 24.6 Å². The Morgan fingerprint density at radius 2 is 2.14 bits per heavy atom. The van der Waals surface area contributed by atoms with Crippen LogP contribution in [0.3, 0.4) is 0 Å². The number of carbonyl (C=O) groups excluding carboxylic acids is 1. The van der Waals surface area contributed by atoms with Crippen LogP contribution in [0.4, 0.5) is 0 Å².